The summed E-state index contributed by atoms with van der Waals surface area (Å²) in [5.41, 5.74) is 0. The summed E-state index contributed by atoms with van der Waals surface area (Å²) in [7, 11) is 0. The number of hydrogen-bond donors (Lipinski definition) is 1. The van der Waals surface area contributed by atoms with E-state index >= 15 is 0 Å². The fourth-order valence-corrected chi connectivity index (χ4v) is 1.81. The number of rotatable bonds is 3. The molecule has 0 spiro atoms. The lowest BCUT2D eigenvalue weighted by atomic mass is 10.1. The van der Waals surface area contributed by atoms with Crippen molar-refractivity contribution in [3.05, 3.63) is 0 Å². The van der Waals surface area contributed by atoms with Gasteiger partial charge in [-0.15, -0.1) is 0 Å². The number of carboxylic acid groups (broad SMARTS) is 1. The highest BCUT2D eigenvalue weighted by molar-refractivity contribution is 5.86. The van der Waals surface area contributed by atoms with Crippen molar-refractivity contribution in [2.75, 3.05) is 26.3 Å². The number of carbonyl (C=O) groups is 2. The van der Waals surface area contributed by atoms with Gasteiger partial charge in [-0.25, -0.2) is 0 Å². The van der Waals surface area contributed by atoms with E-state index in [1.807, 2.05) is 0 Å². The molecule has 2 aliphatic rings. The SMILES string of the molecule is O=C(O)C1CC(=O)N(CC2OCCO2)C1. The standard InChI is InChI=1S/C9H13NO5/c11-7-3-6(9(12)13)4-10(7)5-8-14-1-2-15-8/h6,8H,1-5H2,(H,12,13). The zero-order chi connectivity index (χ0) is 10.8. The monoisotopic (exact) mass is 215 g/mol. The molecule has 0 aromatic carbocycles. The average molecular weight is 215 g/mol. The highest BCUT2D eigenvalue weighted by Crippen LogP contribution is 2.19. The van der Waals surface area contributed by atoms with Crippen molar-refractivity contribution in [2.24, 2.45) is 5.92 Å². The second kappa shape index (κ2) is 4.16. The van der Waals surface area contributed by atoms with E-state index in [0.717, 1.165) is 0 Å². The van der Waals surface area contributed by atoms with Crippen LogP contribution < -0.4 is 0 Å². The van der Waals surface area contributed by atoms with Crippen LogP contribution in [0.4, 0.5) is 0 Å². The Hall–Kier alpha value is -1.14. The van der Waals surface area contributed by atoms with Crippen molar-refractivity contribution < 1.29 is 24.2 Å². The van der Waals surface area contributed by atoms with Crippen LogP contribution in [0.3, 0.4) is 0 Å². The van der Waals surface area contributed by atoms with Crippen molar-refractivity contribution in [2.45, 2.75) is 12.7 Å². The van der Waals surface area contributed by atoms with Gasteiger partial charge in [-0.05, 0) is 0 Å². The van der Waals surface area contributed by atoms with E-state index in [-0.39, 0.29) is 25.2 Å². The number of carbonyl (C=O) groups excluding carboxylic acids is 1. The van der Waals surface area contributed by atoms with E-state index in [0.29, 0.717) is 19.8 Å². The van der Waals surface area contributed by atoms with Crippen LogP contribution in [-0.2, 0) is 19.1 Å². The first-order valence-corrected chi connectivity index (χ1v) is 4.90. The van der Waals surface area contributed by atoms with Crippen molar-refractivity contribution in [1.29, 1.82) is 0 Å². The van der Waals surface area contributed by atoms with Crippen LogP contribution in [0.25, 0.3) is 0 Å². The predicted molar refractivity (Wildman–Crippen MR) is 48.0 cm³/mol. The van der Waals surface area contributed by atoms with Crippen molar-refractivity contribution in [3.8, 4) is 0 Å². The normalized spacial score (nSPS) is 27.6. The molecule has 0 bridgehead atoms. The second-order valence-corrected chi connectivity index (χ2v) is 3.71. The maximum atomic E-state index is 11.4. The van der Waals surface area contributed by atoms with Gasteiger partial charge in [-0.1, -0.05) is 0 Å². The molecule has 0 aliphatic carbocycles. The zero-order valence-corrected chi connectivity index (χ0v) is 8.22. The van der Waals surface area contributed by atoms with E-state index in [1.165, 1.54) is 4.90 Å². The molecule has 0 aromatic rings. The summed E-state index contributed by atoms with van der Waals surface area (Å²) in [5, 5.41) is 8.77. The molecule has 1 N–H and O–H groups in total. The van der Waals surface area contributed by atoms with E-state index in [2.05, 4.69) is 0 Å². The number of amides is 1. The van der Waals surface area contributed by atoms with E-state index in [4.69, 9.17) is 14.6 Å². The van der Waals surface area contributed by atoms with Gasteiger partial charge in [-0.3, -0.25) is 9.59 Å². The average Bonchev–Trinajstić information content (AvgIpc) is 2.77. The van der Waals surface area contributed by atoms with Gasteiger partial charge in [0, 0.05) is 13.0 Å². The number of aliphatic carboxylic acids is 1. The van der Waals surface area contributed by atoms with Gasteiger partial charge >= 0.3 is 5.97 Å². The molecule has 6 heteroatoms. The van der Waals surface area contributed by atoms with E-state index < -0.39 is 11.9 Å². The molecule has 2 aliphatic heterocycles. The van der Waals surface area contributed by atoms with Crippen LogP contribution in [0.1, 0.15) is 6.42 Å². The molecule has 0 radical (unpaired) electrons. The predicted octanol–water partition coefficient (Wildman–Crippen LogP) is -0.708. The first kappa shape index (κ1) is 10.4. The summed E-state index contributed by atoms with van der Waals surface area (Å²) >= 11 is 0. The van der Waals surface area contributed by atoms with Gasteiger partial charge < -0.3 is 19.5 Å². The summed E-state index contributed by atoms with van der Waals surface area (Å²) in [6, 6.07) is 0. The molecule has 1 amide bonds. The van der Waals surface area contributed by atoms with Crippen LogP contribution >= 0.6 is 0 Å². The van der Waals surface area contributed by atoms with Crippen molar-refractivity contribution >= 4 is 11.9 Å². The molecule has 84 valence electrons. The highest BCUT2D eigenvalue weighted by Gasteiger charge is 2.36. The van der Waals surface area contributed by atoms with Gasteiger partial charge in [0.2, 0.25) is 5.91 Å². The molecule has 0 saturated carbocycles. The third-order valence-electron chi connectivity index (χ3n) is 2.62. The van der Waals surface area contributed by atoms with Crippen LogP contribution in [0.5, 0.6) is 0 Å². The summed E-state index contributed by atoms with van der Waals surface area (Å²) < 4.78 is 10.4. The lowest BCUT2D eigenvalue weighted by Crippen LogP contribution is -2.34. The first-order chi connectivity index (χ1) is 7.16. The molecule has 1 atom stereocenters. The number of nitrogens with zero attached hydrogens (tertiary/aromatic N) is 1. The van der Waals surface area contributed by atoms with E-state index in [9.17, 15) is 9.59 Å². The maximum Gasteiger partial charge on any atom is 0.308 e. The Labute approximate surface area is 86.8 Å². The molecular formula is C9H13NO5. The zero-order valence-electron chi connectivity index (χ0n) is 8.22. The second-order valence-electron chi connectivity index (χ2n) is 3.71. The molecule has 2 fully saturated rings. The molecule has 0 aromatic heterocycles. The van der Waals surface area contributed by atoms with E-state index in [1.54, 1.807) is 0 Å². The van der Waals surface area contributed by atoms with Crippen molar-refractivity contribution in [3.63, 3.8) is 0 Å². The molecule has 6 nitrogen and oxygen atoms in total. The minimum atomic E-state index is -0.917. The van der Waals surface area contributed by atoms with Crippen LogP contribution in [-0.4, -0.2) is 54.5 Å². The van der Waals surface area contributed by atoms with Crippen molar-refractivity contribution in [1.82, 2.24) is 4.90 Å². The Morgan fingerprint density at radius 3 is 2.67 bits per heavy atom. The molecule has 2 rings (SSSR count). The smallest absolute Gasteiger partial charge is 0.308 e. The van der Waals surface area contributed by atoms with Crippen LogP contribution in [0.2, 0.25) is 0 Å². The minimum absolute atomic E-state index is 0.0854. The lowest BCUT2D eigenvalue weighted by Gasteiger charge is -2.19. The molecule has 2 saturated heterocycles. The number of carboxylic acids is 1. The van der Waals surface area contributed by atoms with Gasteiger partial charge in [0.05, 0.1) is 25.7 Å². The maximum absolute atomic E-state index is 11.4. The molecule has 15 heavy (non-hydrogen) atoms. The molecule has 1 unspecified atom stereocenters. The Balaban J connectivity index is 1.87. The Bertz CT molecular complexity index is 274. The summed E-state index contributed by atoms with van der Waals surface area (Å²) in [6.07, 6.45) is -0.302. The van der Waals surface area contributed by atoms with Gasteiger partial charge in [0.15, 0.2) is 6.29 Å². The largest absolute Gasteiger partial charge is 0.481 e. The quantitative estimate of drug-likeness (QED) is 0.673. The summed E-state index contributed by atoms with van der Waals surface area (Å²) in [5.74, 6) is -1.64. The Morgan fingerprint density at radius 2 is 2.13 bits per heavy atom. The summed E-state index contributed by atoms with van der Waals surface area (Å²) in [6.45, 7) is 1.67. The summed E-state index contributed by atoms with van der Waals surface area (Å²) in [4.78, 5) is 23.6. The number of likely N-dealkylation sites (tertiary alicyclic amines) is 1. The van der Waals surface area contributed by atoms with Crippen LogP contribution in [0.15, 0.2) is 0 Å². The molecular weight excluding hydrogens is 202 g/mol. The number of ether oxygens (including phenoxy) is 2. The minimum Gasteiger partial charge on any atom is -0.481 e. The number of hydrogen-bond acceptors (Lipinski definition) is 4. The van der Waals surface area contributed by atoms with Gasteiger partial charge in [-0.2, -0.15) is 0 Å². The lowest BCUT2D eigenvalue weighted by molar-refractivity contribution is -0.141. The Kier molecular flexibility index (Phi) is 2.88. The molecule has 2 heterocycles. The van der Waals surface area contributed by atoms with Gasteiger partial charge in [0.1, 0.15) is 0 Å². The highest BCUT2D eigenvalue weighted by atomic mass is 16.7. The van der Waals surface area contributed by atoms with Crippen LogP contribution in [0, 0.1) is 5.92 Å². The first-order valence-electron chi connectivity index (χ1n) is 4.90. The topological polar surface area (TPSA) is 76.1 Å². The van der Waals surface area contributed by atoms with Gasteiger partial charge in [0.25, 0.3) is 0 Å². The fourth-order valence-electron chi connectivity index (χ4n) is 1.81. The Morgan fingerprint density at radius 1 is 1.47 bits per heavy atom. The fraction of sp³-hybridized carbons (Fsp3) is 0.778. The third-order valence-corrected chi connectivity index (χ3v) is 2.62. The third kappa shape index (κ3) is 2.27.